The van der Waals surface area contributed by atoms with E-state index in [1.807, 2.05) is 0 Å². The molecule has 1 heterocycles. The number of nitrogens with one attached hydrogen (secondary N) is 1. The van der Waals surface area contributed by atoms with Crippen molar-refractivity contribution in [3.8, 4) is 0 Å². The molecule has 21 heavy (non-hydrogen) atoms. The van der Waals surface area contributed by atoms with E-state index in [-0.39, 0.29) is 38.5 Å². The van der Waals surface area contributed by atoms with E-state index in [1.54, 1.807) is 0 Å². The first-order valence-corrected chi connectivity index (χ1v) is 7.61. The van der Waals surface area contributed by atoms with Crippen LogP contribution in [-0.2, 0) is 9.59 Å². The normalized spacial score (nSPS) is 14.7. The fourth-order valence-electron chi connectivity index (χ4n) is 1.73. The van der Waals surface area contributed by atoms with Crippen molar-refractivity contribution in [3.63, 3.8) is 0 Å². The molecule has 5 nitrogen and oxygen atoms in total. The first-order chi connectivity index (χ1) is 9.86. The molecule has 0 atom stereocenters. The number of β-amino-alcohol motifs (C(OH)–C–C–N with tert-alkyl or cyclic N) is 1. The number of carbonyl (C=O) groups excluding carboxylic acids is 2. The van der Waals surface area contributed by atoms with Gasteiger partial charge >= 0.3 is 0 Å². The molecule has 0 radical (unpaired) electrons. The summed E-state index contributed by atoms with van der Waals surface area (Å²) in [6, 6.07) is 1.33. The highest BCUT2D eigenvalue weighted by molar-refractivity contribution is 9.11. The van der Waals surface area contributed by atoms with Crippen LogP contribution in [0.1, 0.15) is 0 Å². The molecule has 2 N–H and O–H groups in total. The third-order valence-electron chi connectivity index (χ3n) is 2.71. The topological polar surface area (TPSA) is 69.6 Å². The molecule has 0 saturated carbocycles. The highest BCUT2D eigenvalue weighted by Crippen LogP contribution is 2.38. The zero-order valence-electron chi connectivity index (χ0n) is 10.3. The number of hydrogen-bond acceptors (Lipinski definition) is 4. The summed E-state index contributed by atoms with van der Waals surface area (Å²) < 4.78 is 14.0. The van der Waals surface area contributed by atoms with E-state index in [2.05, 4.69) is 37.2 Å². The van der Waals surface area contributed by atoms with E-state index in [0.717, 1.165) is 11.0 Å². The molecular formula is C12H8Br2ClFN2O3. The number of benzene rings is 1. The molecule has 0 aliphatic carbocycles. The second-order valence-corrected chi connectivity index (χ2v) is 6.10. The van der Waals surface area contributed by atoms with Crippen molar-refractivity contribution in [2.24, 2.45) is 0 Å². The highest BCUT2D eigenvalue weighted by Gasteiger charge is 2.31. The van der Waals surface area contributed by atoms with E-state index in [9.17, 15) is 14.0 Å². The lowest BCUT2D eigenvalue weighted by atomic mass is 10.3. The summed E-state index contributed by atoms with van der Waals surface area (Å²) in [6.07, 6.45) is 1.07. The van der Waals surface area contributed by atoms with Crippen molar-refractivity contribution in [2.75, 3.05) is 18.5 Å². The molecule has 0 bridgehead atoms. The van der Waals surface area contributed by atoms with Gasteiger partial charge in [0.2, 0.25) is 0 Å². The van der Waals surface area contributed by atoms with Gasteiger partial charge in [-0.25, -0.2) is 4.39 Å². The molecule has 9 heteroatoms. The minimum atomic E-state index is -0.611. The van der Waals surface area contributed by atoms with Gasteiger partial charge in [-0.1, -0.05) is 11.6 Å². The lowest BCUT2D eigenvalue weighted by molar-refractivity contribution is -0.137. The summed E-state index contributed by atoms with van der Waals surface area (Å²) in [5.74, 6) is -1.76. The van der Waals surface area contributed by atoms with E-state index in [1.165, 1.54) is 6.07 Å². The molecule has 0 saturated heterocycles. The van der Waals surface area contributed by atoms with Crippen molar-refractivity contribution < 1.29 is 19.1 Å². The van der Waals surface area contributed by atoms with Gasteiger partial charge < -0.3 is 10.4 Å². The summed E-state index contributed by atoms with van der Waals surface area (Å²) in [4.78, 5) is 24.5. The zero-order valence-corrected chi connectivity index (χ0v) is 14.2. The SMILES string of the molecule is O=C1C=C(Nc2c(Cl)cc(Br)c(F)c2Br)C(=O)N1CCO. The fourth-order valence-corrected chi connectivity index (χ4v) is 3.44. The molecule has 1 aliphatic rings. The lowest BCUT2D eigenvalue weighted by Crippen LogP contribution is -2.34. The van der Waals surface area contributed by atoms with Crippen LogP contribution in [0.15, 0.2) is 26.8 Å². The first-order valence-electron chi connectivity index (χ1n) is 5.65. The standard InChI is InChI=1S/C12H8Br2ClFN2O3/c13-5-3-6(15)11(9(14)10(5)16)17-7-4-8(20)18(1-2-19)12(7)21/h3-4,17,19H,1-2H2. The zero-order chi connectivity index (χ0) is 15.7. The molecule has 112 valence electrons. The van der Waals surface area contributed by atoms with Gasteiger partial charge in [0.1, 0.15) is 5.70 Å². The maximum Gasteiger partial charge on any atom is 0.277 e. The number of carbonyl (C=O) groups is 2. The monoisotopic (exact) mass is 440 g/mol. The second-order valence-electron chi connectivity index (χ2n) is 4.04. The van der Waals surface area contributed by atoms with Crippen LogP contribution in [0.25, 0.3) is 0 Å². The number of aliphatic hydroxyl groups excluding tert-OH is 1. The van der Waals surface area contributed by atoms with Crippen molar-refractivity contribution in [1.29, 1.82) is 0 Å². The highest BCUT2D eigenvalue weighted by atomic mass is 79.9. The maximum absolute atomic E-state index is 13.8. The number of amides is 2. The Kier molecular flexibility index (Phi) is 5.03. The molecular weight excluding hydrogens is 434 g/mol. The van der Waals surface area contributed by atoms with Crippen molar-refractivity contribution in [3.05, 3.63) is 37.6 Å². The van der Waals surface area contributed by atoms with E-state index in [4.69, 9.17) is 16.7 Å². The molecule has 0 unspecified atom stereocenters. The number of nitrogens with zero attached hydrogens (tertiary/aromatic N) is 1. The van der Waals surface area contributed by atoms with Gasteiger partial charge in [-0.3, -0.25) is 14.5 Å². The second kappa shape index (κ2) is 6.43. The van der Waals surface area contributed by atoms with Crippen molar-refractivity contribution in [1.82, 2.24) is 4.90 Å². The number of halogens is 4. The summed E-state index contributed by atoms with van der Waals surface area (Å²) >= 11 is 12.0. The van der Waals surface area contributed by atoms with Crippen LogP contribution < -0.4 is 5.32 Å². The van der Waals surface area contributed by atoms with E-state index in [0.29, 0.717) is 0 Å². The van der Waals surface area contributed by atoms with E-state index >= 15 is 0 Å². The Bertz CT molecular complexity index is 666. The number of aliphatic hydroxyl groups is 1. The van der Waals surface area contributed by atoms with E-state index < -0.39 is 17.6 Å². The molecule has 0 fully saturated rings. The van der Waals surface area contributed by atoms with Crippen LogP contribution in [0.2, 0.25) is 5.02 Å². The van der Waals surface area contributed by atoms with Crippen LogP contribution in [-0.4, -0.2) is 35.0 Å². The molecule has 1 aliphatic heterocycles. The average Bonchev–Trinajstić information content (AvgIpc) is 2.69. The van der Waals surface area contributed by atoms with Crippen LogP contribution in [0.3, 0.4) is 0 Å². The van der Waals surface area contributed by atoms with Gasteiger partial charge in [0.05, 0.1) is 32.8 Å². The molecule has 0 spiro atoms. The van der Waals surface area contributed by atoms with Gasteiger partial charge in [0.25, 0.3) is 11.8 Å². The Labute approximate surface area is 141 Å². The van der Waals surface area contributed by atoms with Crippen LogP contribution in [0.5, 0.6) is 0 Å². The maximum atomic E-state index is 13.8. The van der Waals surface area contributed by atoms with Crippen LogP contribution >= 0.6 is 43.5 Å². The predicted molar refractivity (Wildman–Crippen MR) is 82.3 cm³/mol. The largest absolute Gasteiger partial charge is 0.395 e. The fraction of sp³-hybridized carbons (Fsp3) is 0.167. The lowest BCUT2D eigenvalue weighted by Gasteiger charge is -2.15. The number of hydrogen-bond donors (Lipinski definition) is 2. The molecule has 2 rings (SSSR count). The van der Waals surface area contributed by atoms with Gasteiger partial charge in [0, 0.05) is 6.08 Å². The third-order valence-corrected chi connectivity index (χ3v) is 4.33. The number of imide groups is 1. The third kappa shape index (κ3) is 3.13. The summed E-state index contributed by atoms with van der Waals surface area (Å²) in [5, 5.41) is 11.6. The van der Waals surface area contributed by atoms with Gasteiger partial charge in [-0.15, -0.1) is 0 Å². The Morgan fingerprint density at radius 3 is 2.67 bits per heavy atom. The van der Waals surface area contributed by atoms with Gasteiger partial charge in [-0.05, 0) is 37.9 Å². The number of anilines is 1. The number of rotatable bonds is 4. The quantitative estimate of drug-likeness (QED) is 0.427. The Morgan fingerprint density at radius 1 is 1.38 bits per heavy atom. The Hall–Kier alpha value is -0.960. The predicted octanol–water partition coefficient (Wildman–Crippen LogP) is 2.66. The Morgan fingerprint density at radius 2 is 2.05 bits per heavy atom. The summed E-state index contributed by atoms with van der Waals surface area (Å²) in [6.45, 7) is -0.446. The van der Waals surface area contributed by atoms with Crippen LogP contribution in [0.4, 0.5) is 10.1 Å². The molecule has 1 aromatic rings. The van der Waals surface area contributed by atoms with Gasteiger partial charge in [0.15, 0.2) is 5.82 Å². The summed E-state index contributed by atoms with van der Waals surface area (Å²) in [7, 11) is 0. The summed E-state index contributed by atoms with van der Waals surface area (Å²) in [5.41, 5.74) is 0.0911. The van der Waals surface area contributed by atoms with Crippen molar-refractivity contribution >= 4 is 61.0 Å². The van der Waals surface area contributed by atoms with Crippen LogP contribution in [0, 0.1) is 5.82 Å². The molecule has 1 aromatic carbocycles. The smallest absolute Gasteiger partial charge is 0.277 e. The van der Waals surface area contributed by atoms with Crippen molar-refractivity contribution in [2.45, 2.75) is 0 Å². The minimum Gasteiger partial charge on any atom is -0.395 e. The minimum absolute atomic E-state index is 0.0311. The Balaban J connectivity index is 2.32. The molecule has 0 aromatic heterocycles. The average molecular weight is 442 g/mol. The molecule has 2 amide bonds. The van der Waals surface area contributed by atoms with Gasteiger partial charge in [-0.2, -0.15) is 0 Å². The first kappa shape index (κ1) is 16.4.